The Morgan fingerprint density at radius 1 is 1.25 bits per heavy atom. The van der Waals surface area contributed by atoms with E-state index < -0.39 is 89.4 Å². The zero-order valence-electron chi connectivity index (χ0n) is 21.4. The van der Waals surface area contributed by atoms with Gasteiger partial charge in [0.05, 0.1) is 18.4 Å². The Kier molecular flexibility index (Phi) is 9.06. The van der Waals surface area contributed by atoms with E-state index in [9.17, 15) is 42.1 Å². The third-order valence-electron chi connectivity index (χ3n) is 7.28. The average Bonchev–Trinajstić information content (AvgIpc) is 3.41. The average molecular weight is 597 g/mol. The van der Waals surface area contributed by atoms with E-state index in [4.69, 9.17) is 9.47 Å². The second kappa shape index (κ2) is 11.9. The van der Waals surface area contributed by atoms with Crippen molar-refractivity contribution < 1.29 is 51.5 Å². The van der Waals surface area contributed by atoms with Crippen LogP contribution in [0.3, 0.4) is 0 Å². The number of ether oxygens (including phenoxy) is 2. The minimum absolute atomic E-state index is 0.0724. The standard InChI is InChI=1S/C24H29F5N4O6S/c1-30-21(36)20(23(37)3-5-24(28,29)6-4-23)40-22-19(38-2)17(18(35)15(10-34)39-22)33-9-14(31-32-33)11-7-12(25)16(27)13(26)8-11/h7-9,15,17-20,22,34-35,37H,3-6,10H2,1-2H3,(H,30,36)/t15-,17+,18+,19-,20?,22+/m1/s1. The number of hydrogen-bond donors (Lipinski definition) is 4. The number of thioether (sulfide) groups is 1. The molecule has 1 aromatic heterocycles. The second-order valence-electron chi connectivity index (χ2n) is 9.83. The summed E-state index contributed by atoms with van der Waals surface area (Å²) in [5.74, 6) is -8.17. The summed E-state index contributed by atoms with van der Waals surface area (Å²) < 4.78 is 81.2. The molecule has 0 bridgehead atoms. The van der Waals surface area contributed by atoms with E-state index in [1.165, 1.54) is 20.4 Å². The van der Waals surface area contributed by atoms with Gasteiger partial charge in [0.1, 0.15) is 40.7 Å². The van der Waals surface area contributed by atoms with E-state index in [0.29, 0.717) is 0 Å². The molecule has 2 heterocycles. The molecule has 10 nitrogen and oxygen atoms in total. The highest BCUT2D eigenvalue weighted by molar-refractivity contribution is 8.01. The minimum Gasteiger partial charge on any atom is -0.394 e. The summed E-state index contributed by atoms with van der Waals surface area (Å²) in [6, 6.07) is 0.303. The molecule has 1 saturated heterocycles. The van der Waals surface area contributed by atoms with Crippen LogP contribution in [0.25, 0.3) is 11.3 Å². The first kappa shape index (κ1) is 30.6. The Balaban J connectivity index is 1.66. The molecule has 1 unspecified atom stereocenters. The molecule has 1 amide bonds. The van der Waals surface area contributed by atoms with Crippen LogP contribution in [0.4, 0.5) is 22.0 Å². The smallest absolute Gasteiger partial charge is 0.248 e. The predicted molar refractivity (Wildman–Crippen MR) is 131 cm³/mol. The highest BCUT2D eigenvalue weighted by atomic mass is 32.2. The van der Waals surface area contributed by atoms with Gasteiger partial charge in [-0.2, -0.15) is 0 Å². The van der Waals surface area contributed by atoms with Crippen LogP contribution in [0, 0.1) is 17.5 Å². The first-order chi connectivity index (χ1) is 18.8. The zero-order chi connectivity index (χ0) is 29.4. The molecule has 2 aliphatic rings. The number of alkyl halides is 2. The molecule has 2 fully saturated rings. The summed E-state index contributed by atoms with van der Waals surface area (Å²) in [6.07, 6.45) is -4.55. The van der Waals surface area contributed by atoms with Crippen LogP contribution in [0.15, 0.2) is 18.3 Å². The number of aliphatic hydroxyl groups excluding tert-OH is 2. The Labute approximate surface area is 229 Å². The lowest BCUT2D eigenvalue weighted by Gasteiger charge is -2.46. The molecule has 1 saturated carbocycles. The van der Waals surface area contributed by atoms with Crippen molar-refractivity contribution in [1.29, 1.82) is 0 Å². The number of rotatable bonds is 8. The van der Waals surface area contributed by atoms with Gasteiger partial charge in [0.2, 0.25) is 11.8 Å². The molecule has 1 aliphatic heterocycles. The van der Waals surface area contributed by atoms with Crippen molar-refractivity contribution in [3.63, 3.8) is 0 Å². The number of benzene rings is 1. The molecule has 6 atom stereocenters. The maximum Gasteiger partial charge on any atom is 0.248 e. The molecule has 40 heavy (non-hydrogen) atoms. The first-order valence-corrected chi connectivity index (χ1v) is 13.3. The maximum atomic E-state index is 13.8. The highest BCUT2D eigenvalue weighted by Gasteiger charge is 2.53. The number of nitrogens with zero attached hydrogens (tertiary/aromatic N) is 3. The van der Waals surface area contributed by atoms with E-state index in [2.05, 4.69) is 15.6 Å². The number of nitrogens with one attached hydrogen (secondary N) is 1. The van der Waals surface area contributed by atoms with Crippen LogP contribution in [0.1, 0.15) is 31.7 Å². The molecule has 0 radical (unpaired) electrons. The second-order valence-corrected chi connectivity index (χ2v) is 11.0. The number of hydrogen-bond acceptors (Lipinski definition) is 9. The fourth-order valence-electron chi connectivity index (χ4n) is 4.99. The van der Waals surface area contributed by atoms with Crippen molar-refractivity contribution in [2.24, 2.45) is 0 Å². The van der Waals surface area contributed by atoms with Crippen LogP contribution in [0.5, 0.6) is 0 Å². The van der Waals surface area contributed by atoms with Gasteiger partial charge in [-0.25, -0.2) is 26.6 Å². The lowest BCUT2D eigenvalue weighted by Crippen LogP contribution is -2.58. The summed E-state index contributed by atoms with van der Waals surface area (Å²) in [5.41, 5.74) is -3.17. The van der Waals surface area contributed by atoms with Crippen molar-refractivity contribution in [3.8, 4) is 11.3 Å². The van der Waals surface area contributed by atoms with Gasteiger partial charge in [0.25, 0.3) is 0 Å². The Bertz CT molecular complexity index is 1190. The molecule has 1 aromatic carbocycles. The number of methoxy groups -OCH3 is 1. The van der Waals surface area contributed by atoms with Gasteiger partial charge in [0.15, 0.2) is 17.5 Å². The molecule has 4 rings (SSSR count). The fraction of sp³-hybridized carbons (Fsp3) is 0.625. The third-order valence-corrected chi connectivity index (χ3v) is 8.85. The van der Waals surface area contributed by atoms with Crippen LogP contribution in [-0.2, 0) is 14.3 Å². The van der Waals surface area contributed by atoms with E-state index in [1.807, 2.05) is 0 Å². The van der Waals surface area contributed by atoms with Crippen molar-refractivity contribution in [2.75, 3.05) is 20.8 Å². The van der Waals surface area contributed by atoms with Crippen molar-refractivity contribution in [1.82, 2.24) is 20.3 Å². The lowest BCUT2D eigenvalue weighted by atomic mass is 9.80. The topological polar surface area (TPSA) is 139 Å². The Morgan fingerprint density at radius 3 is 2.42 bits per heavy atom. The predicted octanol–water partition coefficient (Wildman–Crippen LogP) is 1.78. The Hall–Kier alpha value is -2.37. The largest absolute Gasteiger partial charge is 0.394 e. The summed E-state index contributed by atoms with van der Waals surface area (Å²) in [5, 5.41) is 41.1. The van der Waals surface area contributed by atoms with E-state index in [1.54, 1.807) is 0 Å². The number of amides is 1. The first-order valence-electron chi connectivity index (χ1n) is 12.4. The summed E-state index contributed by atoms with van der Waals surface area (Å²) in [7, 11) is 2.60. The minimum atomic E-state index is -2.97. The SMILES string of the molecule is CNC(=O)C(S[C@@H]1O[C@H](CO)[C@H](O)[C@H](n2cc(-c3cc(F)c(F)c(F)c3)nn2)[C@H]1OC)C1(O)CCC(F)(F)CC1. The molecular weight excluding hydrogens is 567 g/mol. The van der Waals surface area contributed by atoms with Crippen molar-refractivity contribution in [2.45, 2.75) is 72.2 Å². The van der Waals surface area contributed by atoms with Gasteiger partial charge >= 0.3 is 0 Å². The number of carbonyl (C=O) groups excluding carboxylic acids is 1. The summed E-state index contributed by atoms with van der Waals surface area (Å²) >= 11 is 0.786. The van der Waals surface area contributed by atoms with Crippen LogP contribution < -0.4 is 5.32 Å². The van der Waals surface area contributed by atoms with Crippen molar-refractivity contribution in [3.05, 3.63) is 35.8 Å². The number of aliphatic hydroxyl groups is 3. The summed E-state index contributed by atoms with van der Waals surface area (Å²) in [4.78, 5) is 12.9. The van der Waals surface area contributed by atoms with Gasteiger partial charge in [-0.3, -0.25) is 4.79 Å². The molecule has 0 spiro atoms. The van der Waals surface area contributed by atoms with Gasteiger partial charge in [-0.15, -0.1) is 16.9 Å². The normalized spacial score (nSPS) is 28.7. The van der Waals surface area contributed by atoms with Gasteiger partial charge < -0.3 is 30.1 Å². The van der Waals surface area contributed by atoms with E-state index in [0.717, 1.165) is 28.6 Å². The van der Waals surface area contributed by atoms with Crippen molar-refractivity contribution >= 4 is 17.7 Å². The van der Waals surface area contributed by atoms with Crippen LogP contribution in [-0.4, -0.2) is 97.5 Å². The molecule has 1 aliphatic carbocycles. The van der Waals surface area contributed by atoms with Crippen LogP contribution in [0.2, 0.25) is 0 Å². The zero-order valence-corrected chi connectivity index (χ0v) is 22.3. The van der Waals surface area contributed by atoms with Crippen LogP contribution >= 0.6 is 11.8 Å². The molecule has 16 heteroatoms. The third kappa shape index (κ3) is 5.97. The highest BCUT2D eigenvalue weighted by Crippen LogP contribution is 2.46. The monoisotopic (exact) mass is 596 g/mol. The van der Waals surface area contributed by atoms with E-state index in [-0.39, 0.29) is 24.1 Å². The molecule has 4 N–H and O–H groups in total. The number of aromatic nitrogens is 3. The molecule has 222 valence electrons. The van der Waals surface area contributed by atoms with E-state index >= 15 is 0 Å². The van der Waals surface area contributed by atoms with Gasteiger partial charge in [0, 0.05) is 32.6 Å². The maximum absolute atomic E-state index is 13.8. The number of carbonyl (C=O) groups is 1. The number of halogens is 5. The fourth-order valence-corrected chi connectivity index (χ4v) is 6.62. The van der Waals surface area contributed by atoms with Gasteiger partial charge in [-0.05, 0) is 25.0 Å². The Morgan fingerprint density at radius 2 is 1.88 bits per heavy atom. The molecular formula is C24H29F5N4O6S. The quantitative estimate of drug-likeness (QED) is 0.265. The molecule has 2 aromatic rings. The van der Waals surface area contributed by atoms with Gasteiger partial charge in [-0.1, -0.05) is 5.21 Å². The summed E-state index contributed by atoms with van der Waals surface area (Å²) in [6.45, 7) is -0.678. The lowest BCUT2D eigenvalue weighted by molar-refractivity contribution is -0.186.